The molecule has 0 spiro atoms. The molecular formula is C21H19N5O2. The molecule has 3 aromatic rings. The Morgan fingerprint density at radius 3 is 2.75 bits per heavy atom. The molecule has 0 atom stereocenters. The van der Waals surface area contributed by atoms with E-state index in [1.165, 1.54) is 12.4 Å². The Morgan fingerprint density at radius 1 is 1.14 bits per heavy atom. The van der Waals surface area contributed by atoms with Gasteiger partial charge in [-0.05, 0) is 36.2 Å². The number of methoxy groups -OCH3 is 1. The summed E-state index contributed by atoms with van der Waals surface area (Å²) in [5, 5.41) is 15.0. The zero-order valence-electron chi connectivity index (χ0n) is 15.3. The summed E-state index contributed by atoms with van der Waals surface area (Å²) in [5.41, 5.74) is 2.43. The minimum atomic E-state index is -0.292. The molecule has 0 radical (unpaired) electrons. The molecule has 0 fully saturated rings. The van der Waals surface area contributed by atoms with Crippen molar-refractivity contribution in [3.8, 4) is 11.8 Å². The van der Waals surface area contributed by atoms with Crippen molar-refractivity contribution in [1.82, 2.24) is 15.3 Å². The third-order valence-corrected chi connectivity index (χ3v) is 4.03. The molecule has 1 aromatic heterocycles. The maximum atomic E-state index is 12.2. The van der Waals surface area contributed by atoms with E-state index < -0.39 is 0 Å². The average Bonchev–Trinajstić information content (AvgIpc) is 2.74. The first-order chi connectivity index (χ1) is 13.7. The summed E-state index contributed by atoms with van der Waals surface area (Å²) in [6.07, 6.45) is 3.55. The molecule has 0 unspecified atom stereocenters. The zero-order valence-corrected chi connectivity index (χ0v) is 15.3. The molecule has 7 nitrogen and oxygen atoms in total. The number of anilines is 2. The number of aromatic nitrogens is 2. The predicted molar refractivity (Wildman–Crippen MR) is 106 cm³/mol. The van der Waals surface area contributed by atoms with Crippen molar-refractivity contribution in [3.05, 3.63) is 77.7 Å². The number of hydrogen-bond acceptors (Lipinski definition) is 6. The van der Waals surface area contributed by atoms with Crippen LogP contribution in [0.5, 0.6) is 5.75 Å². The molecule has 0 aliphatic carbocycles. The van der Waals surface area contributed by atoms with Gasteiger partial charge in [-0.3, -0.25) is 4.79 Å². The van der Waals surface area contributed by atoms with Crippen LogP contribution in [0, 0.1) is 11.3 Å². The first-order valence-corrected chi connectivity index (χ1v) is 8.69. The number of amides is 1. The summed E-state index contributed by atoms with van der Waals surface area (Å²) >= 11 is 0. The van der Waals surface area contributed by atoms with Crippen LogP contribution in [0.25, 0.3) is 0 Å². The predicted octanol–water partition coefficient (Wildman–Crippen LogP) is 3.07. The number of carbonyl (C=O) groups excluding carboxylic acids is 1. The number of rotatable bonds is 7. The van der Waals surface area contributed by atoms with Crippen LogP contribution in [-0.2, 0) is 6.42 Å². The molecule has 0 saturated heterocycles. The van der Waals surface area contributed by atoms with E-state index in [0.717, 1.165) is 11.3 Å². The Kier molecular flexibility index (Phi) is 6.16. The Labute approximate surface area is 163 Å². The fraction of sp³-hybridized carbons (Fsp3) is 0.143. The summed E-state index contributed by atoms with van der Waals surface area (Å²) in [7, 11) is 1.62. The van der Waals surface area contributed by atoms with Gasteiger partial charge >= 0.3 is 0 Å². The quantitative estimate of drug-likeness (QED) is 0.660. The third kappa shape index (κ3) is 4.83. The highest BCUT2D eigenvalue weighted by Gasteiger charge is 2.09. The Balaban J connectivity index is 1.55. The monoisotopic (exact) mass is 373 g/mol. The lowest BCUT2D eigenvalue weighted by atomic mass is 10.1. The second kappa shape index (κ2) is 9.14. The largest absolute Gasteiger partial charge is 0.497 e. The van der Waals surface area contributed by atoms with Crippen LogP contribution in [0.1, 0.15) is 21.6 Å². The van der Waals surface area contributed by atoms with Crippen molar-refractivity contribution in [3.63, 3.8) is 0 Å². The number of nitrogens with one attached hydrogen (secondary N) is 2. The topological polar surface area (TPSA) is 99.9 Å². The van der Waals surface area contributed by atoms with Gasteiger partial charge in [0.15, 0.2) is 0 Å². The number of hydrogen-bond donors (Lipinski definition) is 2. The van der Waals surface area contributed by atoms with Crippen LogP contribution in [-0.4, -0.2) is 29.5 Å². The molecular weight excluding hydrogens is 354 g/mol. The normalized spacial score (nSPS) is 10.0. The summed E-state index contributed by atoms with van der Waals surface area (Å²) in [4.78, 5) is 20.6. The van der Waals surface area contributed by atoms with Gasteiger partial charge < -0.3 is 15.4 Å². The average molecular weight is 373 g/mol. The van der Waals surface area contributed by atoms with Gasteiger partial charge in [0, 0.05) is 6.54 Å². The Hall–Kier alpha value is -3.92. The summed E-state index contributed by atoms with van der Waals surface area (Å²) in [6, 6.07) is 16.9. The van der Waals surface area contributed by atoms with Gasteiger partial charge in [-0.1, -0.05) is 24.3 Å². The molecule has 2 N–H and O–H groups in total. The molecule has 3 rings (SSSR count). The van der Waals surface area contributed by atoms with E-state index in [-0.39, 0.29) is 11.6 Å². The van der Waals surface area contributed by atoms with Crippen molar-refractivity contribution in [2.75, 3.05) is 19.0 Å². The van der Waals surface area contributed by atoms with E-state index in [1.54, 1.807) is 25.3 Å². The number of nitriles is 1. The fourth-order valence-electron chi connectivity index (χ4n) is 2.58. The zero-order chi connectivity index (χ0) is 19.8. The minimum absolute atomic E-state index is 0.227. The highest BCUT2D eigenvalue weighted by molar-refractivity contribution is 5.92. The molecule has 1 heterocycles. The van der Waals surface area contributed by atoms with Gasteiger partial charge in [0.2, 0.25) is 0 Å². The van der Waals surface area contributed by atoms with E-state index in [2.05, 4.69) is 26.7 Å². The lowest BCUT2D eigenvalue weighted by molar-refractivity contribution is 0.0949. The van der Waals surface area contributed by atoms with Gasteiger partial charge in [0.25, 0.3) is 5.91 Å². The van der Waals surface area contributed by atoms with Crippen LogP contribution in [0.4, 0.5) is 11.5 Å². The molecule has 28 heavy (non-hydrogen) atoms. The van der Waals surface area contributed by atoms with Gasteiger partial charge in [-0.2, -0.15) is 5.26 Å². The number of nitrogens with zero attached hydrogens (tertiary/aromatic N) is 3. The molecule has 0 aliphatic heterocycles. The lowest BCUT2D eigenvalue weighted by Gasteiger charge is -2.08. The fourth-order valence-corrected chi connectivity index (χ4v) is 2.58. The van der Waals surface area contributed by atoms with Crippen molar-refractivity contribution in [1.29, 1.82) is 5.26 Å². The molecule has 0 bridgehead atoms. The SMILES string of the molecule is COc1cccc(CCNC(=O)c2cnc(Nc3ccccc3C#N)cn2)c1. The summed E-state index contributed by atoms with van der Waals surface area (Å²) < 4.78 is 5.19. The number of ether oxygens (including phenoxy) is 1. The first kappa shape index (κ1) is 18.9. The first-order valence-electron chi connectivity index (χ1n) is 8.69. The van der Waals surface area contributed by atoms with Crippen LogP contribution < -0.4 is 15.4 Å². The van der Waals surface area contributed by atoms with E-state index >= 15 is 0 Å². The van der Waals surface area contributed by atoms with Crippen molar-refractivity contribution in [2.24, 2.45) is 0 Å². The van der Waals surface area contributed by atoms with Crippen LogP contribution in [0.2, 0.25) is 0 Å². The maximum Gasteiger partial charge on any atom is 0.271 e. The van der Waals surface area contributed by atoms with Gasteiger partial charge in [-0.15, -0.1) is 0 Å². The van der Waals surface area contributed by atoms with E-state index in [0.29, 0.717) is 30.0 Å². The second-order valence-electron chi connectivity index (χ2n) is 5.93. The van der Waals surface area contributed by atoms with E-state index in [1.807, 2.05) is 30.3 Å². The second-order valence-corrected chi connectivity index (χ2v) is 5.93. The van der Waals surface area contributed by atoms with Gasteiger partial charge in [0.1, 0.15) is 23.3 Å². The molecule has 2 aromatic carbocycles. The number of carbonyl (C=O) groups is 1. The highest BCUT2D eigenvalue weighted by atomic mass is 16.5. The Bertz CT molecular complexity index is 996. The summed E-state index contributed by atoms with van der Waals surface area (Å²) in [6.45, 7) is 0.475. The van der Waals surface area contributed by atoms with Gasteiger partial charge in [-0.25, -0.2) is 9.97 Å². The number of benzene rings is 2. The third-order valence-electron chi connectivity index (χ3n) is 4.03. The maximum absolute atomic E-state index is 12.2. The Morgan fingerprint density at radius 2 is 2.00 bits per heavy atom. The molecule has 140 valence electrons. The van der Waals surface area contributed by atoms with Crippen molar-refractivity contribution in [2.45, 2.75) is 6.42 Å². The highest BCUT2D eigenvalue weighted by Crippen LogP contribution is 2.18. The van der Waals surface area contributed by atoms with Crippen LogP contribution in [0.3, 0.4) is 0 Å². The molecule has 0 aliphatic rings. The smallest absolute Gasteiger partial charge is 0.271 e. The van der Waals surface area contributed by atoms with E-state index in [4.69, 9.17) is 10.00 Å². The van der Waals surface area contributed by atoms with E-state index in [9.17, 15) is 4.79 Å². The molecule has 0 saturated carbocycles. The van der Waals surface area contributed by atoms with Gasteiger partial charge in [0.05, 0.1) is 30.8 Å². The minimum Gasteiger partial charge on any atom is -0.497 e. The number of para-hydroxylation sites is 1. The van der Waals surface area contributed by atoms with Crippen LogP contribution in [0.15, 0.2) is 60.9 Å². The van der Waals surface area contributed by atoms with Crippen molar-refractivity contribution >= 4 is 17.4 Å². The molecule has 7 heteroatoms. The lowest BCUT2D eigenvalue weighted by Crippen LogP contribution is -2.26. The van der Waals surface area contributed by atoms with Crippen LogP contribution >= 0.6 is 0 Å². The molecule has 1 amide bonds. The van der Waals surface area contributed by atoms with Crippen molar-refractivity contribution < 1.29 is 9.53 Å². The standard InChI is InChI=1S/C21H19N5O2/c1-28-17-7-4-5-15(11-17)9-10-23-21(27)19-13-25-20(14-24-19)26-18-8-3-2-6-16(18)12-22/h2-8,11,13-14H,9-10H2,1H3,(H,23,27)(H,25,26). The summed E-state index contributed by atoms with van der Waals surface area (Å²) in [5.74, 6) is 0.950.